The molecule has 0 spiro atoms. The van der Waals surface area contributed by atoms with Crippen LogP contribution in [0.15, 0.2) is 79.1 Å². The van der Waals surface area contributed by atoms with Crippen LogP contribution in [0.5, 0.6) is 17.2 Å². The second kappa shape index (κ2) is 19.9. The van der Waals surface area contributed by atoms with E-state index in [-0.39, 0.29) is 30.9 Å². The fourth-order valence-electron chi connectivity index (χ4n) is 7.42. The number of alkyl halides is 1. The number of carbonyl (C=O) groups excluding carboxylic acids is 1. The molecule has 0 unspecified atom stereocenters. The van der Waals surface area contributed by atoms with E-state index in [1.54, 1.807) is 30.3 Å². The van der Waals surface area contributed by atoms with Crippen molar-refractivity contribution < 1.29 is 28.5 Å². The molecule has 1 saturated heterocycles. The number of ether oxygens (including phenoxy) is 3. The lowest BCUT2D eigenvalue weighted by Crippen LogP contribution is -2.35. The van der Waals surface area contributed by atoms with Crippen LogP contribution in [0.25, 0.3) is 16.0 Å². The van der Waals surface area contributed by atoms with Crippen molar-refractivity contribution in [2.75, 3.05) is 32.8 Å². The van der Waals surface area contributed by atoms with E-state index in [2.05, 4.69) is 52.9 Å². The molecule has 1 amide bonds. The topological polar surface area (TPSA) is 96.7 Å². The Morgan fingerprint density at radius 3 is 2.56 bits per heavy atom. The number of fused-ring (bicyclic) bond motifs is 3. The SMILES string of the molecule is [C-]#[N+]c1cc2cc(c1)C(=O)NCCCC[C@@H](C(=C)O)NCc1cc(Cl)c(OCc3cccc(-c4cccc(OCCCN5CCC(F)CC5)c4C)c3C)cc1OC2. The first-order chi connectivity index (χ1) is 27.6. The molecule has 1 atom stereocenters. The van der Waals surface area contributed by atoms with Crippen LogP contribution in [0.1, 0.15) is 76.7 Å². The van der Waals surface area contributed by atoms with Crippen LogP contribution in [-0.2, 0) is 19.8 Å². The molecular formula is C46H52ClFN4O5. The van der Waals surface area contributed by atoms with Gasteiger partial charge >= 0.3 is 0 Å². The fraction of sp³-hybridized carbons (Fsp3) is 0.391. The molecular weight excluding hydrogens is 743 g/mol. The minimum Gasteiger partial charge on any atom is -0.511 e. The van der Waals surface area contributed by atoms with E-state index in [0.29, 0.717) is 78.7 Å². The molecule has 0 saturated carbocycles. The smallest absolute Gasteiger partial charge is 0.250 e. The number of aliphatic hydroxyl groups is 1. The second-order valence-corrected chi connectivity index (χ2v) is 15.3. The summed E-state index contributed by atoms with van der Waals surface area (Å²) >= 11 is 6.87. The van der Waals surface area contributed by atoms with E-state index in [0.717, 1.165) is 71.6 Å². The zero-order chi connectivity index (χ0) is 40.3. The number of nitrogens with one attached hydrogen (secondary N) is 2. The molecule has 1 fully saturated rings. The number of aliphatic hydroxyl groups excluding tert-OH is 1. The number of halogens is 2. The number of hydrogen-bond acceptors (Lipinski definition) is 7. The molecule has 300 valence electrons. The first-order valence-electron chi connectivity index (χ1n) is 19.8. The van der Waals surface area contributed by atoms with Gasteiger partial charge in [0.05, 0.1) is 24.2 Å². The molecule has 57 heavy (non-hydrogen) atoms. The Bertz CT molecular complexity index is 2090. The predicted octanol–water partition coefficient (Wildman–Crippen LogP) is 9.98. The average molecular weight is 795 g/mol. The number of rotatable bonds is 10. The lowest BCUT2D eigenvalue weighted by molar-refractivity contribution is 0.0952. The van der Waals surface area contributed by atoms with Crippen molar-refractivity contribution in [1.82, 2.24) is 15.5 Å². The van der Waals surface area contributed by atoms with Crippen LogP contribution in [-0.4, -0.2) is 60.9 Å². The quantitative estimate of drug-likeness (QED) is 0.0836. The maximum atomic E-state index is 13.5. The molecule has 4 aromatic carbocycles. The Kier molecular flexibility index (Phi) is 14.5. The van der Waals surface area contributed by atoms with Gasteiger partial charge in [-0.2, -0.15) is 0 Å². The summed E-state index contributed by atoms with van der Waals surface area (Å²) in [7, 11) is 0. The monoisotopic (exact) mass is 794 g/mol. The molecule has 3 N–H and O–H groups in total. The maximum Gasteiger partial charge on any atom is 0.250 e. The van der Waals surface area contributed by atoms with Gasteiger partial charge in [-0.15, -0.1) is 0 Å². The Morgan fingerprint density at radius 2 is 1.79 bits per heavy atom. The van der Waals surface area contributed by atoms with Gasteiger partial charge in [0, 0.05) is 49.9 Å². The van der Waals surface area contributed by atoms with Gasteiger partial charge in [-0.25, -0.2) is 9.24 Å². The third kappa shape index (κ3) is 11.1. The summed E-state index contributed by atoms with van der Waals surface area (Å²) in [5.41, 5.74) is 7.46. The van der Waals surface area contributed by atoms with Gasteiger partial charge < -0.3 is 34.9 Å². The predicted molar refractivity (Wildman–Crippen MR) is 223 cm³/mol. The van der Waals surface area contributed by atoms with Gasteiger partial charge in [0.25, 0.3) is 0 Å². The first kappa shape index (κ1) is 41.6. The number of likely N-dealkylation sites (tertiary alicyclic amines) is 1. The summed E-state index contributed by atoms with van der Waals surface area (Å²) in [4.78, 5) is 18.9. The van der Waals surface area contributed by atoms with E-state index < -0.39 is 6.17 Å². The van der Waals surface area contributed by atoms with Crippen LogP contribution >= 0.6 is 11.6 Å². The third-order valence-electron chi connectivity index (χ3n) is 10.8. The summed E-state index contributed by atoms with van der Waals surface area (Å²) in [6.45, 7) is 19.8. The van der Waals surface area contributed by atoms with Crippen molar-refractivity contribution in [2.24, 2.45) is 0 Å². The van der Waals surface area contributed by atoms with Crippen molar-refractivity contribution in [3.63, 3.8) is 0 Å². The summed E-state index contributed by atoms with van der Waals surface area (Å²) in [6.07, 6.45) is 3.52. The third-order valence-corrected chi connectivity index (χ3v) is 11.1. The largest absolute Gasteiger partial charge is 0.511 e. The van der Waals surface area contributed by atoms with Crippen LogP contribution in [0, 0.1) is 20.4 Å². The maximum absolute atomic E-state index is 13.5. The summed E-state index contributed by atoms with van der Waals surface area (Å²) in [5.74, 6) is 1.58. The van der Waals surface area contributed by atoms with E-state index in [9.17, 15) is 14.3 Å². The van der Waals surface area contributed by atoms with Crippen LogP contribution in [0.4, 0.5) is 10.1 Å². The molecule has 9 nitrogen and oxygen atoms in total. The molecule has 0 aliphatic carbocycles. The highest BCUT2D eigenvalue weighted by atomic mass is 35.5. The highest BCUT2D eigenvalue weighted by molar-refractivity contribution is 6.32. The molecule has 2 aliphatic rings. The van der Waals surface area contributed by atoms with Gasteiger partial charge in [-0.05, 0) is 116 Å². The zero-order valence-electron chi connectivity index (χ0n) is 32.8. The van der Waals surface area contributed by atoms with E-state index in [1.807, 2.05) is 24.3 Å². The molecule has 11 heteroatoms. The van der Waals surface area contributed by atoms with Crippen molar-refractivity contribution in [2.45, 2.75) is 84.3 Å². The van der Waals surface area contributed by atoms with E-state index in [1.165, 1.54) is 0 Å². The number of piperidine rings is 1. The second-order valence-electron chi connectivity index (χ2n) is 14.9. The standard InChI is InChI=1S/C46H52ClFN4O5/c1-30-34(10-7-11-39(30)40-12-8-14-43(31(40)2)55-21-9-18-52-19-15-37(48)16-20-52)29-57-45-26-44-36(25-41(45)47)27-51-42(32(3)53)13-5-6-17-50-46(54)35-22-33(28-56-44)23-38(24-35)49-4/h7-8,10-12,14,22-26,37,42,51,53H,3,5-6,9,13,15-21,27-29H2,1-2H3,(H,50,54)/t42-/m0/s1. The number of carbonyl (C=O) groups is 1. The lowest BCUT2D eigenvalue weighted by Gasteiger charge is -2.28. The molecule has 0 aromatic heterocycles. The number of nitrogens with zero attached hydrogens (tertiary/aromatic N) is 2. The minimum absolute atomic E-state index is 0.0324. The number of hydrogen-bond donors (Lipinski definition) is 3. The van der Waals surface area contributed by atoms with Crippen molar-refractivity contribution in [3.05, 3.63) is 129 Å². The van der Waals surface area contributed by atoms with E-state index >= 15 is 0 Å². The fourth-order valence-corrected chi connectivity index (χ4v) is 7.66. The van der Waals surface area contributed by atoms with Gasteiger partial charge in [-0.3, -0.25) is 4.79 Å². The Hall–Kier alpha value is -5.08. The Morgan fingerprint density at radius 1 is 1.02 bits per heavy atom. The molecule has 4 aromatic rings. The lowest BCUT2D eigenvalue weighted by atomic mass is 9.93. The molecule has 2 heterocycles. The summed E-state index contributed by atoms with van der Waals surface area (Å²) < 4.78 is 32.6. The molecule has 0 radical (unpaired) electrons. The Labute approximate surface area is 340 Å². The number of amides is 1. The van der Waals surface area contributed by atoms with Gasteiger partial charge in [0.2, 0.25) is 5.91 Å². The van der Waals surface area contributed by atoms with Crippen molar-refractivity contribution in [3.8, 4) is 28.4 Å². The molecule has 6 rings (SSSR count). The number of benzene rings is 4. The minimum atomic E-state index is -0.665. The highest BCUT2D eigenvalue weighted by Crippen LogP contribution is 2.37. The van der Waals surface area contributed by atoms with Gasteiger partial charge in [0.1, 0.15) is 42.4 Å². The van der Waals surface area contributed by atoms with E-state index in [4.69, 9.17) is 32.4 Å². The summed E-state index contributed by atoms with van der Waals surface area (Å²) in [5, 5.41) is 17.1. The van der Waals surface area contributed by atoms with Gasteiger partial charge in [-0.1, -0.05) is 48.5 Å². The van der Waals surface area contributed by atoms with Crippen LogP contribution in [0.3, 0.4) is 0 Å². The van der Waals surface area contributed by atoms with Gasteiger partial charge in [0.15, 0.2) is 5.69 Å². The van der Waals surface area contributed by atoms with Crippen molar-refractivity contribution in [1.29, 1.82) is 0 Å². The highest BCUT2D eigenvalue weighted by Gasteiger charge is 2.20. The summed E-state index contributed by atoms with van der Waals surface area (Å²) in [6, 6.07) is 20.5. The Balaban J connectivity index is 1.19. The zero-order valence-corrected chi connectivity index (χ0v) is 33.6. The first-order valence-corrected chi connectivity index (χ1v) is 20.1. The molecule has 2 bridgehead atoms. The van der Waals surface area contributed by atoms with Crippen molar-refractivity contribution >= 4 is 23.2 Å². The van der Waals surface area contributed by atoms with Crippen LogP contribution in [0.2, 0.25) is 5.02 Å². The molecule has 2 aliphatic heterocycles. The normalized spacial score (nSPS) is 17.1. The van der Waals surface area contributed by atoms with Crippen LogP contribution < -0.4 is 24.8 Å². The average Bonchev–Trinajstić information content (AvgIpc) is 3.20.